The summed E-state index contributed by atoms with van der Waals surface area (Å²) in [5.41, 5.74) is 1.64. The van der Waals surface area contributed by atoms with Crippen LogP contribution in [0.25, 0.3) is 0 Å². The van der Waals surface area contributed by atoms with Gasteiger partial charge < -0.3 is 19.9 Å². The molecule has 1 fully saturated rings. The van der Waals surface area contributed by atoms with Crippen molar-refractivity contribution in [3.63, 3.8) is 0 Å². The number of likely N-dealkylation sites (tertiary alicyclic amines) is 1. The van der Waals surface area contributed by atoms with Crippen LogP contribution < -0.4 is 10.1 Å². The molecule has 2 aromatic rings. The van der Waals surface area contributed by atoms with Crippen molar-refractivity contribution in [2.75, 3.05) is 34.3 Å². The Morgan fingerprint density at radius 1 is 1.22 bits per heavy atom. The molecule has 0 bridgehead atoms. The Kier molecular flexibility index (Phi) is 6.21. The summed E-state index contributed by atoms with van der Waals surface area (Å²) in [5.74, 6) is 1.04. The van der Waals surface area contributed by atoms with E-state index in [0.29, 0.717) is 30.9 Å². The maximum Gasteiger partial charge on any atom is 0.285 e. The molecule has 1 N–H and O–H groups in total. The number of rotatable bonds is 6. The fraction of sp³-hybridized carbons (Fsp3) is 0.391. The van der Waals surface area contributed by atoms with Gasteiger partial charge in [0.2, 0.25) is 5.91 Å². The number of ether oxygens (including phenoxy) is 1. The highest BCUT2D eigenvalue weighted by Crippen LogP contribution is 2.31. The molecule has 9 heteroatoms. The van der Waals surface area contributed by atoms with Crippen LogP contribution in [0, 0.1) is 0 Å². The molecule has 0 spiro atoms. The minimum absolute atomic E-state index is 0.00960. The Morgan fingerprint density at radius 3 is 2.62 bits per heavy atom. The van der Waals surface area contributed by atoms with E-state index in [0.717, 1.165) is 17.7 Å². The lowest BCUT2D eigenvalue weighted by Gasteiger charge is -2.28. The lowest BCUT2D eigenvalue weighted by atomic mass is 10.1. The second-order valence-electron chi connectivity index (χ2n) is 8.24. The average molecular weight is 457 g/mol. The minimum atomic E-state index is -3.72. The van der Waals surface area contributed by atoms with Crippen LogP contribution in [0.5, 0.6) is 5.75 Å². The molecule has 4 rings (SSSR count). The minimum Gasteiger partial charge on any atom is -0.497 e. The van der Waals surface area contributed by atoms with Gasteiger partial charge in [0.1, 0.15) is 16.7 Å². The quantitative estimate of drug-likeness (QED) is 0.715. The number of amides is 1. The van der Waals surface area contributed by atoms with Crippen molar-refractivity contribution in [3.05, 3.63) is 59.7 Å². The Morgan fingerprint density at radius 2 is 1.94 bits per heavy atom. The van der Waals surface area contributed by atoms with Gasteiger partial charge in [0.15, 0.2) is 5.84 Å². The Bertz CT molecular complexity index is 1130. The molecule has 170 valence electrons. The van der Waals surface area contributed by atoms with Crippen molar-refractivity contribution >= 4 is 21.8 Å². The molecule has 0 radical (unpaired) electrons. The lowest BCUT2D eigenvalue weighted by molar-refractivity contribution is -0.124. The van der Waals surface area contributed by atoms with E-state index in [2.05, 4.69) is 14.6 Å². The number of likely N-dealkylation sites (N-methyl/N-ethyl adjacent to an activating group) is 1. The van der Waals surface area contributed by atoms with Crippen LogP contribution in [0.2, 0.25) is 0 Å². The number of sulfonamides is 1. The molecule has 1 saturated heterocycles. The molecule has 8 nitrogen and oxygen atoms in total. The van der Waals surface area contributed by atoms with Gasteiger partial charge >= 0.3 is 0 Å². The summed E-state index contributed by atoms with van der Waals surface area (Å²) in [7, 11) is 1.85. The van der Waals surface area contributed by atoms with Crippen molar-refractivity contribution in [2.45, 2.75) is 29.8 Å². The summed E-state index contributed by atoms with van der Waals surface area (Å²) in [5, 5.41) is 3.07. The zero-order valence-corrected chi connectivity index (χ0v) is 19.3. The highest BCUT2D eigenvalue weighted by atomic mass is 32.2. The van der Waals surface area contributed by atoms with Gasteiger partial charge in [0, 0.05) is 18.7 Å². The summed E-state index contributed by atoms with van der Waals surface area (Å²) in [6.07, 6.45) is 1.46. The predicted molar refractivity (Wildman–Crippen MR) is 122 cm³/mol. The number of carbonyl (C=O) groups excluding carboxylic acids is 1. The van der Waals surface area contributed by atoms with Crippen LogP contribution in [0.1, 0.15) is 30.0 Å². The Balaban J connectivity index is 1.49. The van der Waals surface area contributed by atoms with Gasteiger partial charge in [-0.25, -0.2) is 0 Å². The van der Waals surface area contributed by atoms with E-state index in [1.807, 2.05) is 43.3 Å². The lowest BCUT2D eigenvalue weighted by Crippen LogP contribution is -2.47. The normalized spacial score (nSPS) is 20.1. The first kappa shape index (κ1) is 22.3. The maximum absolute atomic E-state index is 13.1. The summed E-state index contributed by atoms with van der Waals surface area (Å²) < 4.78 is 34.2. The second kappa shape index (κ2) is 8.91. The van der Waals surface area contributed by atoms with Crippen molar-refractivity contribution in [3.8, 4) is 5.75 Å². The van der Waals surface area contributed by atoms with E-state index < -0.39 is 16.1 Å². The number of carbonyl (C=O) groups is 1. The Labute approximate surface area is 188 Å². The van der Waals surface area contributed by atoms with Gasteiger partial charge in [-0.2, -0.15) is 8.42 Å². The number of fused-ring (bicyclic) bond motifs is 1. The SMILES string of the molecule is COc1ccc(C(CNC(=O)C2CCCN2C2=NS(=O)(=O)c3ccccc32)N(C)C)cc1. The number of nitrogens with one attached hydrogen (secondary N) is 1. The van der Waals surface area contributed by atoms with Gasteiger partial charge in [-0.3, -0.25) is 4.79 Å². The smallest absolute Gasteiger partial charge is 0.285 e. The molecule has 2 heterocycles. The molecule has 2 aliphatic heterocycles. The summed E-state index contributed by atoms with van der Waals surface area (Å²) in [6.45, 7) is 1.03. The first-order valence-electron chi connectivity index (χ1n) is 10.6. The zero-order valence-electron chi connectivity index (χ0n) is 18.5. The molecule has 2 unspecified atom stereocenters. The van der Waals surface area contributed by atoms with Gasteiger partial charge in [-0.15, -0.1) is 4.40 Å². The van der Waals surface area contributed by atoms with E-state index in [9.17, 15) is 13.2 Å². The average Bonchev–Trinajstić information content (AvgIpc) is 3.37. The van der Waals surface area contributed by atoms with Crippen LogP contribution in [0.4, 0.5) is 0 Å². The monoisotopic (exact) mass is 456 g/mol. The predicted octanol–water partition coefficient (Wildman–Crippen LogP) is 2.03. The first-order chi connectivity index (χ1) is 15.3. The highest BCUT2D eigenvalue weighted by Gasteiger charge is 2.39. The standard InChI is InChI=1S/C23H28N4O4S/c1-26(2)20(16-10-12-17(31-3)13-11-16)15-24-23(28)19-8-6-14-27(19)22-18-7-4-5-9-21(18)32(29,30)25-22/h4-5,7,9-13,19-20H,6,8,14-15H2,1-3H3,(H,24,28). The van der Waals surface area contributed by atoms with Crippen LogP contribution in [-0.2, 0) is 14.8 Å². The number of methoxy groups -OCH3 is 1. The van der Waals surface area contributed by atoms with E-state index in [1.165, 1.54) is 0 Å². The molecule has 0 saturated carbocycles. The number of amidine groups is 1. The molecule has 1 amide bonds. The number of nitrogens with zero attached hydrogens (tertiary/aromatic N) is 3. The van der Waals surface area contributed by atoms with E-state index >= 15 is 0 Å². The zero-order chi connectivity index (χ0) is 22.9. The molecule has 32 heavy (non-hydrogen) atoms. The van der Waals surface area contributed by atoms with Crippen LogP contribution in [0.3, 0.4) is 0 Å². The van der Waals surface area contributed by atoms with Crippen molar-refractivity contribution in [1.29, 1.82) is 0 Å². The fourth-order valence-corrected chi connectivity index (χ4v) is 5.55. The molecule has 2 atom stereocenters. The van der Waals surface area contributed by atoms with Gasteiger partial charge in [0.05, 0.1) is 13.2 Å². The third kappa shape index (κ3) is 4.22. The summed E-state index contributed by atoms with van der Waals surface area (Å²) in [4.78, 5) is 17.2. The molecule has 0 aromatic heterocycles. The van der Waals surface area contributed by atoms with Crippen LogP contribution in [-0.4, -0.2) is 70.3 Å². The number of hydrogen-bond acceptors (Lipinski definition) is 6. The van der Waals surface area contributed by atoms with E-state index in [1.54, 1.807) is 31.4 Å². The summed E-state index contributed by atoms with van der Waals surface area (Å²) >= 11 is 0. The van der Waals surface area contributed by atoms with Gasteiger partial charge in [0.25, 0.3) is 10.0 Å². The van der Waals surface area contributed by atoms with Crippen molar-refractivity contribution in [2.24, 2.45) is 4.40 Å². The van der Waals surface area contributed by atoms with E-state index in [4.69, 9.17) is 4.74 Å². The van der Waals surface area contributed by atoms with Crippen LogP contribution in [0.15, 0.2) is 57.8 Å². The molecular formula is C23H28N4O4S. The Hall–Kier alpha value is -2.91. The number of benzene rings is 2. The molecule has 0 aliphatic carbocycles. The van der Waals surface area contributed by atoms with E-state index in [-0.39, 0.29) is 16.8 Å². The summed E-state index contributed by atoms with van der Waals surface area (Å²) in [6, 6.07) is 14.1. The van der Waals surface area contributed by atoms with Crippen molar-refractivity contribution in [1.82, 2.24) is 15.1 Å². The largest absolute Gasteiger partial charge is 0.497 e. The van der Waals surface area contributed by atoms with Gasteiger partial charge in [-0.1, -0.05) is 24.3 Å². The molecule has 2 aromatic carbocycles. The fourth-order valence-electron chi connectivity index (χ4n) is 4.33. The maximum atomic E-state index is 13.1. The topological polar surface area (TPSA) is 91.3 Å². The highest BCUT2D eigenvalue weighted by molar-refractivity contribution is 7.90. The molecule has 2 aliphatic rings. The van der Waals surface area contributed by atoms with Gasteiger partial charge in [-0.05, 0) is 56.8 Å². The van der Waals surface area contributed by atoms with Crippen molar-refractivity contribution < 1.29 is 17.9 Å². The third-order valence-electron chi connectivity index (χ3n) is 6.03. The second-order valence-corrected chi connectivity index (χ2v) is 9.81. The first-order valence-corrected chi connectivity index (χ1v) is 12.0. The van der Waals surface area contributed by atoms with Crippen LogP contribution >= 0.6 is 0 Å². The third-order valence-corrected chi connectivity index (χ3v) is 7.36. The number of hydrogen-bond donors (Lipinski definition) is 1. The molecular weight excluding hydrogens is 428 g/mol.